The van der Waals surface area contributed by atoms with Crippen LogP contribution in [0, 0.1) is 0 Å². The molecule has 172 valence electrons. The number of anilines is 1. The van der Waals surface area contributed by atoms with Gasteiger partial charge in [-0.1, -0.05) is 48.5 Å². The Balaban J connectivity index is 1.35. The Morgan fingerprint density at radius 2 is 1.50 bits per heavy atom. The Bertz CT molecular complexity index is 826. The van der Waals surface area contributed by atoms with Crippen molar-refractivity contribution in [1.82, 2.24) is 20.6 Å². The third kappa shape index (κ3) is 7.96. The number of benzene rings is 2. The highest BCUT2D eigenvalue weighted by Crippen LogP contribution is 2.15. The fourth-order valence-corrected chi connectivity index (χ4v) is 3.91. The average molecular weight is 440 g/mol. The van der Waals surface area contributed by atoms with Gasteiger partial charge in [0, 0.05) is 45.0 Å². The molecule has 0 atom stereocenters. The molecule has 32 heavy (non-hydrogen) atoms. The monoisotopic (exact) mass is 439 g/mol. The second kappa shape index (κ2) is 12.8. The van der Waals surface area contributed by atoms with Gasteiger partial charge in [0.25, 0.3) is 5.91 Å². The third-order valence-corrected chi connectivity index (χ3v) is 5.58. The minimum absolute atomic E-state index is 0.0511. The van der Waals surface area contributed by atoms with E-state index in [4.69, 9.17) is 5.21 Å². The number of hydrogen-bond acceptors (Lipinski definition) is 6. The molecule has 2 aromatic rings. The largest absolute Gasteiger partial charge is 0.369 e. The second-order valence-electron chi connectivity index (χ2n) is 8.03. The van der Waals surface area contributed by atoms with Crippen LogP contribution in [0.5, 0.6) is 0 Å². The molecule has 2 amide bonds. The summed E-state index contributed by atoms with van der Waals surface area (Å²) >= 11 is 0. The van der Waals surface area contributed by atoms with E-state index in [-0.39, 0.29) is 19.0 Å². The maximum absolute atomic E-state index is 12.4. The lowest BCUT2D eigenvalue weighted by atomic mass is 10.2. The van der Waals surface area contributed by atoms with Gasteiger partial charge in [-0.25, -0.2) is 5.48 Å². The molecular weight excluding hydrogens is 406 g/mol. The Labute approximate surface area is 189 Å². The van der Waals surface area contributed by atoms with Crippen LogP contribution in [-0.2, 0) is 16.1 Å². The number of piperazine rings is 1. The lowest BCUT2D eigenvalue weighted by Gasteiger charge is -2.36. The van der Waals surface area contributed by atoms with Crippen molar-refractivity contribution in [3.8, 4) is 0 Å². The first-order chi connectivity index (χ1) is 15.6. The zero-order valence-corrected chi connectivity index (χ0v) is 18.4. The van der Waals surface area contributed by atoms with E-state index in [2.05, 4.69) is 39.4 Å². The lowest BCUT2D eigenvalue weighted by molar-refractivity contribution is -0.131. The van der Waals surface area contributed by atoms with Crippen molar-refractivity contribution in [2.45, 2.75) is 13.0 Å². The van der Waals surface area contributed by atoms with Crippen LogP contribution in [0.25, 0.3) is 0 Å². The summed E-state index contributed by atoms with van der Waals surface area (Å²) in [5.41, 5.74) is 3.91. The summed E-state index contributed by atoms with van der Waals surface area (Å²) in [5.74, 6) is -0.663. The number of para-hydroxylation sites is 1. The number of nitrogens with zero attached hydrogens (tertiary/aromatic N) is 3. The van der Waals surface area contributed by atoms with Gasteiger partial charge in [0.2, 0.25) is 5.91 Å². The lowest BCUT2D eigenvalue weighted by Crippen LogP contribution is -2.47. The molecule has 0 saturated carbocycles. The first kappa shape index (κ1) is 23.7. The number of carbonyl (C=O) groups excluding carboxylic acids is 2. The minimum atomic E-state index is -0.539. The Morgan fingerprint density at radius 1 is 0.875 bits per heavy atom. The number of rotatable bonds is 11. The second-order valence-corrected chi connectivity index (χ2v) is 8.03. The van der Waals surface area contributed by atoms with Gasteiger partial charge >= 0.3 is 0 Å². The summed E-state index contributed by atoms with van der Waals surface area (Å²) in [6.07, 6.45) is 0.882. The third-order valence-electron chi connectivity index (χ3n) is 5.58. The smallest absolute Gasteiger partial charge is 0.257 e. The van der Waals surface area contributed by atoms with E-state index >= 15 is 0 Å². The zero-order valence-electron chi connectivity index (χ0n) is 18.4. The Morgan fingerprint density at radius 3 is 2.16 bits per heavy atom. The van der Waals surface area contributed by atoms with Crippen molar-refractivity contribution in [2.75, 3.05) is 57.3 Å². The molecule has 1 heterocycles. The van der Waals surface area contributed by atoms with E-state index in [0.29, 0.717) is 13.1 Å². The summed E-state index contributed by atoms with van der Waals surface area (Å²) in [6.45, 7) is 6.10. The van der Waals surface area contributed by atoms with Crippen LogP contribution >= 0.6 is 0 Å². The number of amides is 2. The van der Waals surface area contributed by atoms with Crippen molar-refractivity contribution in [2.24, 2.45) is 0 Å². The van der Waals surface area contributed by atoms with E-state index in [1.807, 2.05) is 36.4 Å². The van der Waals surface area contributed by atoms with Gasteiger partial charge in [0.05, 0.1) is 13.1 Å². The minimum Gasteiger partial charge on any atom is -0.369 e. The quantitative estimate of drug-likeness (QED) is 0.278. The molecule has 8 heteroatoms. The number of nitrogens with one attached hydrogen (secondary N) is 2. The summed E-state index contributed by atoms with van der Waals surface area (Å²) in [4.78, 5) is 30.5. The maximum atomic E-state index is 12.4. The van der Waals surface area contributed by atoms with E-state index in [9.17, 15) is 9.59 Å². The van der Waals surface area contributed by atoms with Crippen LogP contribution in [-0.4, -0.2) is 79.2 Å². The van der Waals surface area contributed by atoms with Crippen LogP contribution in [0.2, 0.25) is 0 Å². The standard InChI is InChI=1S/C24H33N5O3/c30-23(19-28(20-24(31)26-32)18-21-8-3-1-4-9-21)25-12-7-13-27-14-16-29(17-15-27)22-10-5-2-6-11-22/h1-6,8-11,32H,7,12-20H2,(H,25,30)(H,26,31). The number of hydrogen-bond donors (Lipinski definition) is 3. The predicted molar refractivity (Wildman–Crippen MR) is 124 cm³/mol. The molecule has 0 spiro atoms. The first-order valence-corrected chi connectivity index (χ1v) is 11.1. The maximum Gasteiger partial charge on any atom is 0.257 e. The van der Waals surface area contributed by atoms with Crippen LogP contribution in [0.1, 0.15) is 12.0 Å². The highest BCUT2D eigenvalue weighted by molar-refractivity contribution is 5.80. The van der Waals surface area contributed by atoms with Gasteiger partial charge < -0.3 is 10.2 Å². The highest BCUT2D eigenvalue weighted by atomic mass is 16.5. The molecule has 1 saturated heterocycles. The summed E-state index contributed by atoms with van der Waals surface area (Å²) in [5, 5.41) is 11.8. The van der Waals surface area contributed by atoms with Crippen LogP contribution < -0.4 is 15.7 Å². The highest BCUT2D eigenvalue weighted by Gasteiger charge is 2.17. The van der Waals surface area contributed by atoms with Crippen molar-refractivity contribution in [1.29, 1.82) is 0 Å². The summed E-state index contributed by atoms with van der Waals surface area (Å²) < 4.78 is 0. The van der Waals surface area contributed by atoms with Gasteiger partial charge in [0.15, 0.2) is 0 Å². The predicted octanol–water partition coefficient (Wildman–Crippen LogP) is 1.32. The van der Waals surface area contributed by atoms with Crippen molar-refractivity contribution >= 4 is 17.5 Å². The van der Waals surface area contributed by atoms with E-state index in [0.717, 1.165) is 44.7 Å². The molecule has 3 N–H and O–H groups in total. The van der Waals surface area contributed by atoms with Crippen molar-refractivity contribution < 1.29 is 14.8 Å². The molecule has 0 aliphatic carbocycles. The molecule has 1 fully saturated rings. The van der Waals surface area contributed by atoms with Crippen LogP contribution in [0.15, 0.2) is 60.7 Å². The fourth-order valence-electron chi connectivity index (χ4n) is 3.91. The first-order valence-electron chi connectivity index (χ1n) is 11.1. The molecule has 8 nitrogen and oxygen atoms in total. The van der Waals surface area contributed by atoms with E-state index in [1.54, 1.807) is 10.4 Å². The topological polar surface area (TPSA) is 88.2 Å². The normalized spacial score (nSPS) is 14.4. The molecule has 0 unspecified atom stereocenters. The molecule has 2 aromatic carbocycles. The molecule has 0 aromatic heterocycles. The summed E-state index contributed by atoms with van der Waals surface area (Å²) in [6, 6.07) is 20.1. The van der Waals surface area contributed by atoms with E-state index < -0.39 is 5.91 Å². The number of carbonyl (C=O) groups is 2. The number of hydroxylamine groups is 1. The average Bonchev–Trinajstić information content (AvgIpc) is 2.83. The molecule has 3 rings (SSSR count). The summed E-state index contributed by atoms with van der Waals surface area (Å²) in [7, 11) is 0. The van der Waals surface area contributed by atoms with Crippen molar-refractivity contribution in [3.05, 3.63) is 66.2 Å². The Kier molecular flexibility index (Phi) is 9.49. The molecule has 0 radical (unpaired) electrons. The Hall–Kier alpha value is -2.94. The van der Waals surface area contributed by atoms with Gasteiger partial charge in [-0.15, -0.1) is 0 Å². The van der Waals surface area contributed by atoms with E-state index in [1.165, 1.54) is 5.69 Å². The van der Waals surface area contributed by atoms with Crippen LogP contribution in [0.3, 0.4) is 0 Å². The van der Waals surface area contributed by atoms with Gasteiger partial charge in [-0.05, 0) is 30.7 Å². The van der Waals surface area contributed by atoms with Crippen LogP contribution in [0.4, 0.5) is 5.69 Å². The molecule has 1 aliphatic heterocycles. The van der Waals surface area contributed by atoms with Crippen molar-refractivity contribution in [3.63, 3.8) is 0 Å². The van der Waals surface area contributed by atoms with Gasteiger partial charge in [-0.3, -0.25) is 24.6 Å². The van der Waals surface area contributed by atoms with Gasteiger partial charge in [-0.2, -0.15) is 0 Å². The SMILES string of the molecule is O=C(CN(CC(=O)NCCCN1CCN(c2ccccc2)CC1)Cc1ccccc1)NO. The fraction of sp³-hybridized carbons (Fsp3) is 0.417. The molecular formula is C24H33N5O3. The zero-order chi connectivity index (χ0) is 22.6. The molecule has 1 aliphatic rings. The molecule has 0 bridgehead atoms. The van der Waals surface area contributed by atoms with Gasteiger partial charge in [0.1, 0.15) is 0 Å².